The van der Waals surface area contributed by atoms with Crippen molar-refractivity contribution >= 4 is 32.9 Å². The number of nitrogens with zero attached hydrogens (tertiary/aromatic N) is 3. The van der Waals surface area contributed by atoms with Gasteiger partial charge in [-0.3, -0.25) is 0 Å². The van der Waals surface area contributed by atoms with Gasteiger partial charge in [-0.15, -0.1) is 0 Å². The Kier molecular flexibility index (Phi) is 3.97. The lowest BCUT2D eigenvalue weighted by atomic mass is 10.1. The van der Waals surface area contributed by atoms with E-state index in [0.29, 0.717) is 22.8 Å². The summed E-state index contributed by atoms with van der Waals surface area (Å²) in [6.07, 6.45) is 0. The first-order chi connectivity index (χ1) is 11.0. The summed E-state index contributed by atoms with van der Waals surface area (Å²) in [4.78, 5) is 4.39. The fraction of sp³-hybridized carbons (Fsp3) is 0.176. The van der Waals surface area contributed by atoms with Crippen molar-refractivity contribution in [2.75, 3.05) is 12.8 Å². The van der Waals surface area contributed by atoms with Crippen LogP contribution in [0.5, 0.6) is 5.75 Å². The molecular formula is C17H15BrN4O. The SMILES string of the molecule is COc1cc(C#N)cc2nc(N)n(C(C)c3ccc(Br)cc3)c12. The zero-order chi connectivity index (χ0) is 16.6. The van der Waals surface area contributed by atoms with Gasteiger partial charge in [0.1, 0.15) is 11.3 Å². The highest BCUT2D eigenvalue weighted by Crippen LogP contribution is 2.34. The first-order valence-corrected chi connectivity index (χ1v) is 7.85. The second-order valence-electron chi connectivity index (χ2n) is 5.23. The Morgan fingerprint density at radius 1 is 1.30 bits per heavy atom. The number of aromatic nitrogens is 2. The number of methoxy groups -OCH3 is 1. The largest absolute Gasteiger partial charge is 0.494 e. The van der Waals surface area contributed by atoms with Gasteiger partial charge < -0.3 is 15.0 Å². The summed E-state index contributed by atoms with van der Waals surface area (Å²) in [6.45, 7) is 2.05. The molecule has 0 aliphatic carbocycles. The Morgan fingerprint density at radius 2 is 2.00 bits per heavy atom. The second kappa shape index (κ2) is 5.94. The highest BCUT2D eigenvalue weighted by molar-refractivity contribution is 9.10. The average molecular weight is 371 g/mol. The van der Waals surface area contributed by atoms with Gasteiger partial charge in [-0.2, -0.15) is 5.26 Å². The van der Waals surface area contributed by atoms with E-state index in [2.05, 4.69) is 33.9 Å². The number of halogens is 1. The maximum atomic E-state index is 9.13. The molecule has 0 aliphatic rings. The third kappa shape index (κ3) is 2.64. The van der Waals surface area contributed by atoms with Crippen molar-refractivity contribution in [1.29, 1.82) is 5.26 Å². The maximum absolute atomic E-state index is 9.13. The number of nitrogen functional groups attached to an aromatic ring is 1. The van der Waals surface area contributed by atoms with Crippen molar-refractivity contribution in [2.45, 2.75) is 13.0 Å². The van der Waals surface area contributed by atoms with Crippen LogP contribution >= 0.6 is 15.9 Å². The van der Waals surface area contributed by atoms with Gasteiger partial charge >= 0.3 is 0 Å². The number of hydrogen-bond acceptors (Lipinski definition) is 4. The average Bonchev–Trinajstić information content (AvgIpc) is 2.89. The van der Waals surface area contributed by atoms with Crippen LogP contribution in [0.4, 0.5) is 5.95 Å². The molecule has 23 heavy (non-hydrogen) atoms. The van der Waals surface area contributed by atoms with Crippen LogP contribution in [-0.2, 0) is 0 Å². The van der Waals surface area contributed by atoms with Crippen molar-refractivity contribution in [3.05, 3.63) is 52.0 Å². The highest BCUT2D eigenvalue weighted by Gasteiger charge is 2.19. The minimum atomic E-state index is -0.0186. The fourth-order valence-corrected chi connectivity index (χ4v) is 2.98. The number of anilines is 1. The smallest absolute Gasteiger partial charge is 0.201 e. The molecule has 116 valence electrons. The van der Waals surface area contributed by atoms with Crippen molar-refractivity contribution in [3.8, 4) is 11.8 Å². The van der Waals surface area contributed by atoms with E-state index < -0.39 is 0 Å². The molecule has 2 N–H and O–H groups in total. The minimum absolute atomic E-state index is 0.0186. The fourth-order valence-electron chi connectivity index (χ4n) is 2.71. The van der Waals surface area contributed by atoms with E-state index in [1.807, 2.05) is 28.8 Å². The van der Waals surface area contributed by atoms with Gasteiger partial charge in [-0.25, -0.2) is 4.98 Å². The summed E-state index contributed by atoms with van der Waals surface area (Å²) in [5.74, 6) is 0.982. The third-order valence-electron chi connectivity index (χ3n) is 3.87. The summed E-state index contributed by atoms with van der Waals surface area (Å²) in [6, 6.07) is 13.6. The van der Waals surface area contributed by atoms with E-state index in [1.165, 1.54) is 0 Å². The van der Waals surface area contributed by atoms with Crippen LogP contribution in [-0.4, -0.2) is 16.7 Å². The molecular weight excluding hydrogens is 356 g/mol. The highest BCUT2D eigenvalue weighted by atomic mass is 79.9. The first kappa shape index (κ1) is 15.4. The predicted octanol–water partition coefficient (Wildman–Crippen LogP) is 3.87. The van der Waals surface area contributed by atoms with Gasteiger partial charge in [0.25, 0.3) is 0 Å². The molecule has 2 aromatic carbocycles. The summed E-state index contributed by atoms with van der Waals surface area (Å²) >= 11 is 3.44. The van der Waals surface area contributed by atoms with E-state index in [9.17, 15) is 0 Å². The standard InChI is InChI=1S/C17H15BrN4O/c1-10(12-3-5-13(18)6-4-12)22-16-14(21-17(22)20)7-11(9-19)8-15(16)23-2/h3-8,10H,1-2H3,(H2,20,21). The number of fused-ring (bicyclic) bond motifs is 1. The number of nitrogens with two attached hydrogens (primary N) is 1. The van der Waals surface area contributed by atoms with E-state index in [4.69, 9.17) is 15.7 Å². The number of nitriles is 1. The quantitative estimate of drug-likeness (QED) is 0.758. The van der Waals surface area contributed by atoms with Crippen molar-refractivity contribution in [3.63, 3.8) is 0 Å². The molecule has 5 nitrogen and oxygen atoms in total. The van der Waals surface area contributed by atoms with Crippen LogP contribution in [0.25, 0.3) is 11.0 Å². The van der Waals surface area contributed by atoms with Crippen LogP contribution in [0.15, 0.2) is 40.9 Å². The molecule has 0 saturated heterocycles. The number of rotatable bonds is 3. The first-order valence-electron chi connectivity index (χ1n) is 7.06. The topological polar surface area (TPSA) is 76.9 Å². The molecule has 0 spiro atoms. The van der Waals surface area contributed by atoms with Gasteiger partial charge in [-0.05, 0) is 30.7 Å². The van der Waals surface area contributed by atoms with Gasteiger partial charge in [0.15, 0.2) is 0 Å². The van der Waals surface area contributed by atoms with E-state index in [-0.39, 0.29) is 6.04 Å². The number of ether oxygens (including phenoxy) is 1. The summed E-state index contributed by atoms with van der Waals surface area (Å²) in [5, 5.41) is 9.13. The van der Waals surface area contributed by atoms with Crippen molar-refractivity contribution in [1.82, 2.24) is 9.55 Å². The Bertz CT molecular complexity index is 909. The lowest BCUT2D eigenvalue weighted by molar-refractivity contribution is 0.416. The van der Waals surface area contributed by atoms with Crippen molar-refractivity contribution < 1.29 is 4.74 Å². The zero-order valence-electron chi connectivity index (χ0n) is 12.7. The molecule has 6 heteroatoms. The summed E-state index contributed by atoms with van der Waals surface area (Å²) in [7, 11) is 1.58. The van der Waals surface area contributed by atoms with Crippen LogP contribution in [0, 0.1) is 11.3 Å². The Balaban J connectivity index is 2.23. The molecule has 3 rings (SSSR count). The number of imidazole rings is 1. The van der Waals surface area contributed by atoms with Crippen LogP contribution in [0.3, 0.4) is 0 Å². The maximum Gasteiger partial charge on any atom is 0.201 e. The Labute approximate surface area is 142 Å². The van der Waals surface area contributed by atoms with Crippen molar-refractivity contribution in [2.24, 2.45) is 0 Å². The summed E-state index contributed by atoms with van der Waals surface area (Å²) < 4.78 is 8.40. The lowest BCUT2D eigenvalue weighted by Gasteiger charge is -2.18. The number of benzene rings is 2. The van der Waals surface area contributed by atoms with Crippen LogP contribution in [0.2, 0.25) is 0 Å². The van der Waals surface area contributed by atoms with Crippen LogP contribution < -0.4 is 10.5 Å². The van der Waals surface area contributed by atoms with Crippen LogP contribution in [0.1, 0.15) is 24.1 Å². The minimum Gasteiger partial charge on any atom is -0.494 e. The molecule has 0 radical (unpaired) electrons. The molecule has 0 bridgehead atoms. The molecule has 0 amide bonds. The van der Waals surface area contributed by atoms with E-state index in [1.54, 1.807) is 19.2 Å². The van der Waals surface area contributed by atoms with E-state index in [0.717, 1.165) is 15.6 Å². The monoisotopic (exact) mass is 370 g/mol. The third-order valence-corrected chi connectivity index (χ3v) is 4.39. The molecule has 3 aromatic rings. The molecule has 1 aromatic heterocycles. The normalized spacial score (nSPS) is 12.1. The molecule has 1 heterocycles. The Hall–Kier alpha value is -2.52. The van der Waals surface area contributed by atoms with Gasteiger partial charge in [0.2, 0.25) is 5.95 Å². The molecule has 1 unspecified atom stereocenters. The molecule has 1 atom stereocenters. The zero-order valence-corrected chi connectivity index (χ0v) is 14.3. The van der Waals surface area contributed by atoms with E-state index >= 15 is 0 Å². The molecule has 0 saturated carbocycles. The lowest BCUT2D eigenvalue weighted by Crippen LogP contribution is -2.10. The molecule has 0 fully saturated rings. The Morgan fingerprint density at radius 3 is 2.61 bits per heavy atom. The van der Waals surface area contributed by atoms with Gasteiger partial charge in [-0.1, -0.05) is 28.1 Å². The van der Waals surface area contributed by atoms with Gasteiger partial charge in [0.05, 0.1) is 30.3 Å². The van der Waals surface area contributed by atoms with Gasteiger partial charge in [0, 0.05) is 10.5 Å². The second-order valence-corrected chi connectivity index (χ2v) is 6.14. The number of hydrogen-bond donors (Lipinski definition) is 1. The molecule has 0 aliphatic heterocycles. The summed E-state index contributed by atoms with van der Waals surface area (Å²) in [5.41, 5.74) is 9.18. The predicted molar refractivity (Wildman–Crippen MR) is 93.4 cm³/mol.